The van der Waals surface area contributed by atoms with Crippen LogP contribution in [0.5, 0.6) is 0 Å². The molecule has 0 radical (unpaired) electrons. The van der Waals surface area contributed by atoms with Crippen LogP contribution in [-0.4, -0.2) is 56.4 Å². The van der Waals surface area contributed by atoms with Crippen LogP contribution in [0.25, 0.3) is 0 Å². The van der Waals surface area contributed by atoms with Crippen LogP contribution in [0.15, 0.2) is 23.8 Å². The summed E-state index contributed by atoms with van der Waals surface area (Å²) in [6.07, 6.45) is 12.3. The number of hydrogen-bond acceptors (Lipinski definition) is 7. The molecule has 4 atom stereocenters. The van der Waals surface area contributed by atoms with Crippen LogP contribution in [0, 0.1) is 0 Å². The molecule has 0 bridgehead atoms. The maximum absolute atomic E-state index is 13.0. The Balaban J connectivity index is 1.54. The van der Waals surface area contributed by atoms with E-state index >= 15 is 0 Å². The third kappa shape index (κ3) is 7.83. The lowest BCUT2D eigenvalue weighted by atomic mass is 10.1. The Morgan fingerprint density at radius 1 is 1.06 bits per heavy atom. The van der Waals surface area contributed by atoms with Gasteiger partial charge < -0.3 is 23.7 Å². The molecule has 3 aliphatic rings. The number of unbranched alkanes of at least 4 members (excludes halogenated alkanes) is 1. The lowest BCUT2D eigenvalue weighted by molar-refractivity contribution is -0.199. The third-order valence-corrected chi connectivity index (χ3v) is 5.68. The number of hydrogen-bond donors (Lipinski definition) is 0. The van der Waals surface area contributed by atoms with E-state index in [2.05, 4.69) is 0 Å². The quantitative estimate of drug-likeness (QED) is 0.275. The summed E-state index contributed by atoms with van der Waals surface area (Å²) >= 11 is 0. The van der Waals surface area contributed by atoms with Crippen molar-refractivity contribution in [1.29, 1.82) is 0 Å². The second-order valence-electron chi connectivity index (χ2n) is 8.18. The molecule has 7 nitrogen and oxygen atoms in total. The number of ether oxygens (including phenoxy) is 5. The second kappa shape index (κ2) is 13.1. The molecule has 0 aromatic carbocycles. The van der Waals surface area contributed by atoms with Crippen molar-refractivity contribution in [3.63, 3.8) is 0 Å². The minimum atomic E-state index is -0.638. The molecule has 1 aliphatic carbocycles. The molecule has 3 rings (SSSR count). The van der Waals surface area contributed by atoms with Crippen LogP contribution in [0.3, 0.4) is 0 Å². The summed E-state index contributed by atoms with van der Waals surface area (Å²) < 4.78 is 28.3. The van der Waals surface area contributed by atoms with E-state index in [1.54, 1.807) is 0 Å². The lowest BCUT2D eigenvalue weighted by Gasteiger charge is -2.27. The van der Waals surface area contributed by atoms with Gasteiger partial charge in [0.25, 0.3) is 0 Å². The molecular formula is C24H36O7. The summed E-state index contributed by atoms with van der Waals surface area (Å²) in [6, 6.07) is 0. The molecule has 2 saturated heterocycles. The van der Waals surface area contributed by atoms with E-state index in [4.69, 9.17) is 23.7 Å². The Morgan fingerprint density at radius 3 is 2.42 bits per heavy atom. The average Bonchev–Trinajstić information content (AvgIpc) is 3.07. The highest BCUT2D eigenvalue weighted by atomic mass is 16.7. The molecule has 2 aliphatic heterocycles. The molecule has 0 saturated carbocycles. The van der Waals surface area contributed by atoms with Gasteiger partial charge in [0.1, 0.15) is 12.2 Å². The van der Waals surface area contributed by atoms with E-state index < -0.39 is 12.2 Å². The summed E-state index contributed by atoms with van der Waals surface area (Å²) in [6.45, 7) is 3.56. The fourth-order valence-electron chi connectivity index (χ4n) is 4.02. The maximum atomic E-state index is 13.0. The number of allylic oxidation sites excluding steroid dienone is 2. The molecule has 2 heterocycles. The standard InChI is InChI=1S/C24H36O7/c1-2-27-20(25)12-6-4-3-5-11-18-17-19(30-21-13-7-9-15-28-21)23(26)24(18)31-22-14-8-10-16-29-22/h3,5,17,19,21-22,24H,2,4,6-16H2,1H3/b5-3-. The largest absolute Gasteiger partial charge is 0.466 e. The Bertz CT molecular complexity index is 630. The average molecular weight is 437 g/mol. The van der Waals surface area contributed by atoms with Gasteiger partial charge in [0, 0.05) is 19.6 Å². The first-order valence-electron chi connectivity index (χ1n) is 11.8. The fourth-order valence-corrected chi connectivity index (χ4v) is 4.02. The van der Waals surface area contributed by atoms with Crippen LogP contribution in [0.4, 0.5) is 0 Å². The zero-order valence-electron chi connectivity index (χ0n) is 18.6. The molecule has 0 aromatic rings. The number of Topliss-reactive ketones (excluding diaryl/α,β-unsaturated/α-hetero) is 1. The Hall–Kier alpha value is -1.54. The van der Waals surface area contributed by atoms with Gasteiger partial charge in [-0.2, -0.15) is 0 Å². The third-order valence-electron chi connectivity index (χ3n) is 5.68. The van der Waals surface area contributed by atoms with Crippen molar-refractivity contribution in [2.75, 3.05) is 19.8 Å². The highest BCUT2D eigenvalue weighted by Gasteiger charge is 2.39. The summed E-state index contributed by atoms with van der Waals surface area (Å²) in [5.74, 6) is -0.236. The van der Waals surface area contributed by atoms with Crippen LogP contribution in [0.2, 0.25) is 0 Å². The van der Waals surface area contributed by atoms with Gasteiger partial charge in [0.05, 0.1) is 6.61 Å². The second-order valence-corrected chi connectivity index (χ2v) is 8.18. The van der Waals surface area contributed by atoms with Crippen LogP contribution < -0.4 is 0 Å². The monoisotopic (exact) mass is 436 g/mol. The van der Waals surface area contributed by atoms with Crippen molar-refractivity contribution in [3.05, 3.63) is 23.8 Å². The van der Waals surface area contributed by atoms with Gasteiger partial charge in [-0.05, 0) is 76.4 Å². The molecule has 31 heavy (non-hydrogen) atoms. The Kier molecular flexibility index (Phi) is 10.2. The van der Waals surface area contributed by atoms with Crippen molar-refractivity contribution >= 4 is 11.8 Å². The van der Waals surface area contributed by atoms with E-state index in [1.165, 1.54) is 0 Å². The minimum Gasteiger partial charge on any atom is -0.466 e. The highest BCUT2D eigenvalue weighted by Crippen LogP contribution is 2.30. The first kappa shape index (κ1) is 24.1. The SMILES string of the molecule is CCOC(=O)CCC/C=C\CC1=CC(OC2CCCCO2)C(=O)C1OC1CCCCO1. The lowest BCUT2D eigenvalue weighted by Crippen LogP contribution is -2.37. The summed E-state index contributed by atoms with van der Waals surface area (Å²) in [7, 11) is 0. The highest BCUT2D eigenvalue weighted by molar-refractivity contribution is 5.95. The molecule has 0 amide bonds. The normalized spacial score (nSPS) is 29.3. The van der Waals surface area contributed by atoms with E-state index in [1.807, 2.05) is 25.2 Å². The van der Waals surface area contributed by atoms with E-state index in [0.29, 0.717) is 32.7 Å². The summed E-state index contributed by atoms with van der Waals surface area (Å²) in [4.78, 5) is 24.5. The number of ketones is 1. The van der Waals surface area contributed by atoms with Gasteiger partial charge in [-0.25, -0.2) is 0 Å². The Labute approximate surface area is 185 Å². The molecule has 4 unspecified atom stereocenters. The first-order valence-corrected chi connectivity index (χ1v) is 11.8. The topological polar surface area (TPSA) is 80.3 Å². The molecular weight excluding hydrogens is 400 g/mol. The van der Waals surface area contributed by atoms with Gasteiger partial charge in [0.2, 0.25) is 0 Å². The van der Waals surface area contributed by atoms with Gasteiger partial charge in [-0.1, -0.05) is 12.2 Å². The predicted molar refractivity (Wildman–Crippen MR) is 114 cm³/mol. The van der Waals surface area contributed by atoms with Crippen molar-refractivity contribution in [2.45, 2.75) is 95.9 Å². The molecule has 174 valence electrons. The van der Waals surface area contributed by atoms with Crippen molar-refractivity contribution < 1.29 is 33.3 Å². The van der Waals surface area contributed by atoms with Gasteiger partial charge in [-0.15, -0.1) is 0 Å². The van der Waals surface area contributed by atoms with Crippen molar-refractivity contribution in [1.82, 2.24) is 0 Å². The minimum absolute atomic E-state index is 0.0749. The van der Waals surface area contributed by atoms with Crippen LogP contribution in [-0.2, 0) is 33.3 Å². The Morgan fingerprint density at radius 2 is 1.77 bits per heavy atom. The maximum Gasteiger partial charge on any atom is 0.305 e. The molecule has 0 aromatic heterocycles. The summed E-state index contributed by atoms with van der Waals surface area (Å²) in [5.41, 5.74) is 0.904. The van der Waals surface area contributed by atoms with E-state index in [-0.39, 0.29) is 24.3 Å². The zero-order chi connectivity index (χ0) is 21.9. The smallest absolute Gasteiger partial charge is 0.305 e. The van der Waals surface area contributed by atoms with E-state index in [9.17, 15) is 9.59 Å². The van der Waals surface area contributed by atoms with Crippen molar-refractivity contribution in [2.24, 2.45) is 0 Å². The van der Waals surface area contributed by atoms with Crippen LogP contribution >= 0.6 is 0 Å². The van der Waals surface area contributed by atoms with Gasteiger partial charge in [-0.3, -0.25) is 9.59 Å². The predicted octanol–water partition coefficient (Wildman–Crippen LogP) is 4.00. The number of carbonyl (C=O) groups excluding carboxylic acids is 2. The van der Waals surface area contributed by atoms with E-state index in [0.717, 1.165) is 56.9 Å². The first-order chi connectivity index (χ1) is 15.2. The molecule has 0 N–H and O–H groups in total. The van der Waals surface area contributed by atoms with Crippen LogP contribution in [0.1, 0.15) is 71.1 Å². The molecule has 7 heteroatoms. The van der Waals surface area contributed by atoms with Crippen molar-refractivity contribution in [3.8, 4) is 0 Å². The zero-order valence-corrected chi connectivity index (χ0v) is 18.6. The summed E-state index contributed by atoms with van der Waals surface area (Å²) in [5, 5.41) is 0. The molecule has 2 fully saturated rings. The van der Waals surface area contributed by atoms with Gasteiger partial charge in [0.15, 0.2) is 18.4 Å². The number of carbonyl (C=O) groups is 2. The number of esters is 1. The number of rotatable bonds is 11. The molecule has 0 spiro atoms. The fraction of sp³-hybridized carbons (Fsp3) is 0.750. The van der Waals surface area contributed by atoms with Gasteiger partial charge >= 0.3 is 5.97 Å².